The summed E-state index contributed by atoms with van der Waals surface area (Å²) < 4.78 is 1.58. The van der Waals surface area contributed by atoms with Gasteiger partial charge in [0.1, 0.15) is 0 Å². The lowest BCUT2D eigenvalue weighted by Gasteiger charge is -2.08. The van der Waals surface area contributed by atoms with Crippen LogP contribution >= 0.6 is 11.8 Å². The summed E-state index contributed by atoms with van der Waals surface area (Å²) >= 11 is 1.40. The van der Waals surface area contributed by atoms with Crippen molar-refractivity contribution in [1.29, 1.82) is 0 Å². The first-order valence-electron chi connectivity index (χ1n) is 6.28. The average molecular weight is 308 g/mol. The third-order valence-electron chi connectivity index (χ3n) is 2.76. The standard InChI is InChI=1S/C12H16N6O2S/c1-7(2)18-11(20)16-17-12(18)21-6-9-4-3-8(5-14-9)10(19)15-13/h3-5,7H,6,13H2,1-2H3,(H,15,19)(H,16,20). The molecule has 4 N–H and O–H groups in total. The van der Waals surface area contributed by atoms with Gasteiger partial charge in [0.15, 0.2) is 5.16 Å². The van der Waals surface area contributed by atoms with E-state index in [0.29, 0.717) is 16.5 Å². The Morgan fingerprint density at radius 3 is 2.86 bits per heavy atom. The second-order valence-electron chi connectivity index (χ2n) is 4.58. The van der Waals surface area contributed by atoms with Crippen molar-refractivity contribution in [2.24, 2.45) is 5.84 Å². The Morgan fingerprint density at radius 2 is 2.29 bits per heavy atom. The van der Waals surface area contributed by atoms with Crippen molar-refractivity contribution in [2.75, 3.05) is 0 Å². The molecule has 0 bridgehead atoms. The van der Waals surface area contributed by atoms with Crippen LogP contribution < -0.4 is 17.0 Å². The zero-order chi connectivity index (χ0) is 15.4. The molecule has 2 aromatic heterocycles. The van der Waals surface area contributed by atoms with Gasteiger partial charge in [-0.2, -0.15) is 0 Å². The third kappa shape index (κ3) is 3.50. The number of aromatic nitrogens is 4. The molecule has 2 rings (SSSR count). The second kappa shape index (κ2) is 6.55. The first-order chi connectivity index (χ1) is 10.0. The molecule has 112 valence electrons. The van der Waals surface area contributed by atoms with Gasteiger partial charge in [0.25, 0.3) is 5.91 Å². The number of rotatable bonds is 5. The molecule has 21 heavy (non-hydrogen) atoms. The highest BCUT2D eigenvalue weighted by atomic mass is 32.2. The fourth-order valence-corrected chi connectivity index (χ4v) is 2.70. The van der Waals surface area contributed by atoms with Crippen molar-refractivity contribution in [2.45, 2.75) is 30.8 Å². The predicted molar refractivity (Wildman–Crippen MR) is 78.7 cm³/mol. The largest absolute Gasteiger partial charge is 0.344 e. The molecule has 0 saturated carbocycles. The lowest BCUT2D eigenvalue weighted by atomic mass is 10.2. The molecule has 0 spiro atoms. The normalized spacial score (nSPS) is 10.9. The van der Waals surface area contributed by atoms with Crippen LogP contribution in [0.3, 0.4) is 0 Å². The van der Waals surface area contributed by atoms with Gasteiger partial charge in [0.05, 0.1) is 11.3 Å². The first-order valence-corrected chi connectivity index (χ1v) is 7.27. The summed E-state index contributed by atoms with van der Waals surface area (Å²) in [5, 5.41) is 7.04. The number of H-pyrrole nitrogens is 1. The minimum Gasteiger partial charge on any atom is -0.290 e. The highest BCUT2D eigenvalue weighted by Gasteiger charge is 2.12. The van der Waals surface area contributed by atoms with E-state index in [1.165, 1.54) is 18.0 Å². The second-order valence-corrected chi connectivity index (χ2v) is 5.52. The van der Waals surface area contributed by atoms with Gasteiger partial charge in [0.2, 0.25) is 0 Å². The van der Waals surface area contributed by atoms with Crippen LogP contribution in [0, 0.1) is 0 Å². The average Bonchev–Trinajstić information content (AvgIpc) is 2.86. The molecular weight excluding hydrogens is 292 g/mol. The maximum Gasteiger partial charge on any atom is 0.344 e. The van der Waals surface area contributed by atoms with Crippen LogP contribution in [0.2, 0.25) is 0 Å². The fourth-order valence-electron chi connectivity index (χ4n) is 1.71. The predicted octanol–water partition coefficient (Wildman–Crippen LogP) is 0.443. The number of nitrogens with zero attached hydrogens (tertiary/aromatic N) is 3. The van der Waals surface area contributed by atoms with Crippen LogP contribution in [0.5, 0.6) is 0 Å². The quantitative estimate of drug-likeness (QED) is 0.319. The molecule has 2 aromatic rings. The number of hydrazine groups is 1. The van der Waals surface area contributed by atoms with Crippen molar-refractivity contribution in [3.05, 3.63) is 40.1 Å². The minimum atomic E-state index is -0.386. The number of nitrogen functional groups attached to an aromatic ring is 1. The lowest BCUT2D eigenvalue weighted by molar-refractivity contribution is 0.0953. The number of aromatic amines is 1. The van der Waals surface area contributed by atoms with Crippen molar-refractivity contribution in [3.63, 3.8) is 0 Å². The van der Waals surface area contributed by atoms with Crippen LogP contribution in [0.1, 0.15) is 35.9 Å². The maximum atomic E-state index is 11.6. The van der Waals surface area contributed by atoms with E-state index in [1.807, 2.05) is 19.3 Å². The number of nitrogens with one attached hydrogen (secondary N) is 2. The molecular formula is C12H16N6O2S. The van der Waals surface area contributed by atoms with Gasteiger partial charge in [-0.1, -0.05) is 11.8 Å². The summed E-state index contributed by atoms with van der Waals surface area (Å²) in [6.07, 6.45) is 1.46. The zero-order valence-electron chi connectivity index (χ0n) is 11.7. The molecule has 0 atom stereocenters. The van der Waals surface area contributed by atoms with Gasteiger partial charge in [-0.05, 0) is 26.0 Å². The van der Waals surface area contributed by atoms with Crippen LogP contribution in [0.4, 0.5) is 0 Å². The summed E-state index contributed by atoms with van der Waals surface area (Å²) in [6.45, 7) is 3.83. The maximum absolute atomic E-state index is 11.6. The van der Waals surface area contributed by atoms with E-state index in [-0.39, 0.29) is 17.6 Å². The van der Waals surface area contributed by atoms with Gasteiger partial charge in [0, 0.05) is 18.0 Å². The fraction of sp³-hybridized carbons (Fsp3) is 0.333. The first kappa shape index (κ1) is 15.3. The molecule has 0 aromatic carbocycles. The Balaban J connectivity index is 2.07. The van der Waals surface area contributed by atoms with E-state index in [0.717, 1.165) is 5.69 Å². The van der Waals surface area contributed by atoms with Crippen molar-refractivity contribution >= 4 is 17.7 Å². The van der Waals surface area contributed by atoms with Gasteiger partial charge in [-0.3, -0.25) is 19.8 Å². The Bertz CT molecular complexity index is 676. The van der Waals surface area contributed by atoms with Crippen LogP contribution in [0.15, 0.2) is 28.3 Å². The molecule has 2 heterocycles. The van der Waals surface area contributed by atoms with Crippen molar-refractivity contribution < 1.29 is 4.79 Å². The molecule has 0 aliphatic carbocycles. The Kier molecular flexibility index (Phi) is 4.76. The van der Waals surface area contributed by atoms with Crippen LogP contribution in [-0.4, -0.2) is 25.7 Å². The number of hydrogen-bond acceptors (Lipinski definition) is 6. The summed E-state index contributed by atoms with van der Waals surface area (Å²) in [4.78, 5) is 27.1. The summed E-state index contributed by atoms with van der Waals surface area (Å²) in [6, 6.07) is 3.41. The van der Waals surface area contributed by atoms with Crippen molar-refractivity contribution in [3.8, 4) is 0 Å². The van der Waals surface area contributed by atoms with Crippen LogP contribution in [0.25, 0.3) is 0 Å². The number of hydrogen-bond donors (Lipinski definition) is 3. The van der Waals surface area contributed by atoms with Gasteiger partial charge in [-0.25, -0.2) is 15.7 Å². The Labute approximate surface area is 125 Å². The van der Waals surface area contributed by atoms with Crippen LogP contribution in [-0.2, 0) is 5.75 Å². The monoisotopic (exact) mass is 308 g/mol. The number of carbonyl (C=O) groups excluding carboxylic acids is 1. The van der Waals surface area contributed by atoms with E-state index in [9.17, 15) is 9.59 Å². The number of carbonyl (C=O) groups is 1. The van der Waals surface area contributed by atoms with Crippen molar-refractivity contribution in [1.82, 2.24) is 25.2 Å². The molecule has 0 aliphatic rings. The number of pyridine rings is 1. The zero-order valence-corrected chi connectivity index (χ0v) is 12.5. The molecule has 0 saturated heterocycles. The summed E-state index contributed by atoms with van der Waals surface area (Å²) in [5.41, 5.74) is 2.99. The van der Waals surface area contributed by atoms with E-state index in [2.05, 4.69) is 15.2 Å². The van der Waals surface area contributed by atoms with E-state index >= 15 is 0 Å². The van der Waals surface area contributed by atoms with Gasteiger partial charge >= 0.3 is 5.69 Å². The van der Waals surface area contributed by atoms with Gasteiger partial charge in [-0.15, -0.1) is 5.10 Å². The molecule has 0 radical (unpaired) electrons. The lowest BCUT2D eigenvalue weighted by Crippen LogP contribution is -2.30. The molecule has 8 nitrogen and oxygen atoms in total. The highest BCUT2D eigenvalue weighted by Crippen LogP contribution is 2.20. The Hall–Kier alpha value is -2.13. The molecule has 9 heteroatoms. The van der Waals surface area contributed by atoms with E-state index in [4.69, 9.17) is 5.84 Å². The van der Waals surface area contributed by atoms with E-state index in [1.54, 1.807) is 16.7 Å². The highest BCUT2D eigenvalue weighted by molar-refractivity contribution is 7.98. The number of nitrogens with two attached hydrogens (primary N) is 1. The summed E-state index contributed by atoms with van der Waals surface area (Å²) in [5.74, 6) is 5.21. The van der Waals surface area contributed by atoms with Gasteiger partial charge < -0.3 is 0 Å². The number of amides is 1. The SMILES string of the molecule is CC(C)n1c(SCc2ccc(C(=O)NN)cn2)n[nH]c1=O. The molecule has 1 amide bonds. The Morgan fingerprint density at radius 1 is 1.52 bits per heavy atom. The number of thioether (sulfide) groups is 1. The molecule has 0 fully saturated rings. The smallest absolute Gasteiger partial charge is 0.290 e. The topological polar surface area (TPSA) is 119 Å². The van der Waals surface area contributed by atoms with E-state index < -0.39 is 0 Å². The third-order valence-corrected chi connectivity index (χ3v) is 3.74. The molecule has 0 aliphatic heterocycles. The minimum absolute atomic E-state index is 0.0299. The molecule has 0 unspecified atom stereocenters. The summed E-state index contributed by atoms with van der Waals surface area (Å²) in [7, 11) is 0.